The molecular weight excluding hydrogens is 204 g/mol. The SMILES string of the molecule is C#CCSCCN1CCNC(C(C)C)C1. The topological polar surface area (TPSA) is 15.3 Å². The van der Waals surface area contributed by atoms with E-state index in [1.54, 1.807) is 0 Å². The highest BCUT2D eigenvalue weighted by Gasteiger charge is 2.20. The summed E-state index contributed by atoms with van der Waals surface area (Å²) in [6.45, 7) is 9.25. The van der Waals surface area contributed by atoms with E-state index < -0.39 is 0 Å². The van der Waals surface area contributed by atoms with Crippen LogP contribution in [0.4, 0.5) is 0 Å². The van der Waals surface area contributed by atoms with Gasteiger partial charge in [-0.2, -0.15) is 0 Å². The second-order valence-electron chi connectivity index (χ2n) is 4.36. The van der Waals surface area contributed by atoms with Gasteiger partial charge in [-0.3, -0.25) is 4.90 Å². The molecule has 0 spiro atoms. The Morgan fingerprint density at radius 2 is 2.40 bits per heavy atom. The van der Waals surface area contributed by atoms with Gasteiger partial charge in [-0.25, -0.2) is 0 Å². The van der Waals surface area contributed by atoms with Gasteiger partial charge in [0.1, 0.15) is 0 Å². The van der Waals surface area contributed by atoms with Gasteiger partial charge in [0.25, 0.3) is 0 Å². The molecule has 0 aromatic carbocycles. The molecule has 0 radical (unpaired) electrons. The molecule has 0 saturated carbocycles. The maximum Gasteiger partial charge on any atom is 0.0545 e. The third-order valence-corrected chi connectivity index (χ3v) is 3.67. The fourth-order valence-electron chi connectivity index (χ4n) is 1.82. The van der Waals surface area contributed by atoms with Crippen molar-refractivity contribution in [3.05, 3.63) is 0 Å². The maximum absolute atomic E-state index is 5.22. The second kappa shape index (κ2) is 7.16. The van der Waals surface area contributed by atoms with Gasteiger partial charge < -0.3 is 5.32 Å². The zero-order valence-corrected chi connectivity index (χ0v) is 10.6. The zero-order valence-electron chi connectivity index (χ0n) is 9.83. The standard InChI is InChI=1S/C12H22N2S/c1-4-8-15-9-7-14-6-5-13-12(10-14)11(2)3/h1,11-13H,5-10H2,2-3H3. The summed E-state index contributed by atoms with van der Waals surface area (Å²) in [7, 11) is 0. The molecule has 1 aliphatic rings. The lowest BCUT2D eigenvalue weighted by Gasteiger charge is -2.35. The van der Waals surface area contributed by atoms with Crippen molar-refractivity contribution >= 4 is 11.8 Å². The lowest BCUT2D eigenvalue weighted by Crippen LogP contribution is -2.53. The summed E-state index contributed by atoms with van der Waals surface area (Å²) in [6, 6.07) is 0.663. The zero-order chi connectivity index (χ0) is 11.1. The minimum atomic E-state index is 0.663. The van der Waals surface area contributed by atoms with E-state index in [9.17, 15) is 0 Å². The average Bonchev–Trinajstić information content (AvgIpc) is 2.25. The molecule has 3 heteroatoms. The Balaban J connectivity index is 2.16. The first-order valence-corrected chi connectivity index (χ1v) is 6.86. The molecule has 1 unspecified atom stereocenters. The Labute approximate surface area is 98.2 Å². The normalized spacial score (nSPS) is 22.9. The van der Waals surface area contributed by atoms with Crippen LogP contribution in [0.3, 0.4) is 0 Å². The smallest absolute Gasteiger partial charge is 0.0545 e. The van der Waals surface area contributed by atoms with Crippen molar-refractivity contribution in [1.82, 2.24) is 10.2 Å². The van der Waals surface area contributed by atoms with E-state index in [0.29, 0.717) is 6.04 Å². The van der Waals surface area contributed by atoms with Gasteiger partial charge >= 0.3 is 0 Å². The van der Waals surface area contributed by atoms with Crippen LogP contribution in [0.5, 0.6) is 0 Å². The lowest BCUT2D eigenvalue weighted by atomic mass is 10.0. The van der Waals surface area contributed by atoms with E-state index in [2.05, 4.69) is 30.0 Å². The van der Waals surface area contributed by atoms with Crippen molar-refractivity contribution < 1.29 is 0 Å². The molecule has 1 N–H and O–H groups in total. The van der Waals surface area contributed by atoms with Gasteiger partial charge in [-0.15, -0.1) is 18.2 Å². The van der Waals surface area contributed by atoms with E-state index >= 15 is 0 Å². The number of thioether (sulfide) groups is 1. The summed E-state index contributed by atoms with van der Waals surface area (Å²) < 4.78 is 0. The number of hydrogen-bond donors (Lipinski definition) is 1. The molecule has 0 aromatic heterocycles. The van der Waals surface area contributed by atoms with Crippen molar-refractivity contribution in [1.29, 1.82) is 0 Å². The molecule has 1 rings (SSSR count). The molecule has 2 nitrogen and oxygen atoms in total. The van der Waals surface area contributed by atoms with Crippen LogP contribution in [0.2, 0.25) is 0 Å². The third kappa shape index (κ3) is 4.92. The predicted octanol–water partition coefficient (Wildman–Crippen LogP) is 1.28. The summed E-state index contributed by atoms with van der Waals surface area (Å²) in [5, 5.41) is 3.57. The first-order valence-electron chi connectivity index (χ1n) is 5.71. The van der Waals surface area contributed by atoms with Crippen LogP contribution in [0.25, 0.3) is 0 Å². The van der Waals surface area contributed by atoms with E-state index in [-0.39, 0.29) is 0 Å². The molecular formula is C12H22N2S. The Hall–Kier alpha value is -0.170. The molecule has 1 atom stereocenters. The van der Waals surface area contributed by atoms with Crippen LogP contribution >= 0.6 is 11.8 Å². The van der Waals surface area contributed by atoms with Gasteiger partial charge in [0.2, 0.25) is 0 Å². The Morgan fingerprint density at radius 1 is 1.60 bits per heavy atom. The quantitative estimate of drug-likeness (QED) is 0.562. The Kier molecular flexibility index (Phi) is 6.16. The number of piperazine rings is 1. The summed E-state index contributed by atoms with van der Waals surface area (Å²) in [4.78, 5) is 2.55. The van der Waals surface area contributed by atoms with Crippen molar-refractivity contribution in [3.63, 3.8) is 0 Å². The van der Waals surface area contributed by atoms with Crippen molar-refractivity contribution in [2.45, 2.75) is 19.9 Å². The van der Waals surface area contributed by atoms with Crippen LogP contribution in [-0.4, -0.2) is 48.6 Å². The molecule has 15 heavy (non-hydrogen) atoms. The summed E-state index contributed by atoms with van der Waals surface area (Å²) in [5.41, 5.74) is 0. The number of hydrogen-bond acceptors (Lipinski definition) is 3. The third-order valence-electron chi connectivity index (χ3n) is 2.83. The lowest BCUT2D eigenvalue weighted by molar-refractivity contribution is 0.184. The van der Waals surface area contributed by atoms with Crippen LogP contribution in [-0.2, 0) is 0 Å². The highest BCUT2D eigenvalue weighted by Crippen LogP contribution is 2.09. The van der Waals surface area contributed by atoms with Crippen LogP contribution in [0.15, 0.2) is 0 Å². The molecule has 0 bridgehead atoms. The van der Waals surface area contributed by atoms with Crippen molar-refractivity contribution in [2.75, 3.05) is 37.7 Å². The number of nitrogens with one attached hydrogen (secondary N) is 1. The molecule has 1 heterocycles. The molecule has 1 aliphatic heterocycles. The van der Waals surface area contributed by atoms with Gasteiger partial charge in [0, 0.05) is 38.0 Å². The fourth-order valence-corrected chi connectivity index (χ4v) is 2.47. The van der Waals surface area contributed by atoms with Gasteiger partial charge in [0.15, 0.2) is 0 Å². The summed E-state index contributed by atoms with van der Waals surface area (Å²) in [5.74, 6) is 5.40. The minimum absolute atomic E-state index is 0.663. The van der Waals surface area contributed by atoms with E-state index in [0.717, 1.165) is 24.0 Å². The largest absolute Gasteiger partial charge is 0.311 e. The molecule has 0 aliphatic carbocycles. The fraction of sp³-hybridized carbons (Fsp3) is 0.833. The number of terminal acetylenes is 1. The molecule has 1 fully saturated rings. The van der Waals surface area contributed by atoms with Crippen molar-refractivity contribution in [3.8, 4) is 12.3 Å². The van der Waals surface area contributed by atoms with E-state index in [1.807, 2.05) is 11.8 Å². The molecule has 0 aromatic rings. The summed E-state index contributed by atoms with van der Waals surface area (Å²) in [6.07, 6.45) is 5.22. The average molecular weight is 226 g/mol. The van der Waals surface area contributed by atoms with Crippen molar-refractivity contribution in [2.24, 2.45) is 5.92 Å². The highest BCUT2D eigenvalue weighted by molar-refractivity contribution is 7.99. The summed E-state index contributed by atoms with van der Waals surface area (Å²) >= 11 is 1.86. The van der Waals surface area contributed by atoms with Crippen LogP contribution in [0, 0.1) is 18.3 Å². The molecule has 86 valence electrons. The first kappa shape index (κ1) is 12.9. The molecule has 1 saturated heterocycles. The van der Waals surface area contributed by atoms with Crippen LogP contribution < -0.4 is 5.32 Å². The van der Waals surface area contributed by atoms with Crippen LogP contribution in [0.1, 0.15) is 13.8 Å². The number of rotatable bonds is 5. The highest BCUT2D eigenvalue weighted by atomic mass is 32.2. The van der Waals surface area contributed by atoms with Gasteiger partial charge in [-0.05, 0) is 5.92 Å². The maximum atomic E-state index is 5.22. The number of nitrogens with zero attached hydrogens (tertiary/aromatic N) is 1. The van der Waals surface area contributed by atoms with Gasteiger partial charge in [0.05, 0.1) is 5.75 Å². The predicted molar refractivity (Wildman–Crippen MR) is 69.2 cm³/mol. The Morgan fingerprint density at radius 3 is 3.07 bits per heavy atom. The second-order valence-corrected chi connectivity index (χ2v) is 5.47. The van der Waals surface area contributed by atoms with E-state index in [1.165, 1.54) is 19.6 Å². The minimum Gasteiger partial charge on any atom is -0.311 e. The Bertz CT molecular complexity index is 210. The first-order chi connectivity index (χ1) is 7.24. The van der Waals surface area contributed by atoms with E-state index in [4.69, 9.17) is 6.42 Å². The van der Waals surface area contributed by atoms with Gasteiger partial charge in [-0.1, -0.05) is 19.8 Å². The molecule has 0 amide bonds. The monoisotopic (exact) mass is 226 g/mol.